The summed E-state index contributed by atoms with van der Waals surface area (Å²) >= 11 is 0. The van der Waals surface area contributed by atoms with Crippen molar-refractivity contribution in [3.8, 4) is 0 Å². The Morgan fingerprint density at radius 3 is 2.00 bits per heavy atom. The Labute approximate surface area is 88.5 Å². The fourth-order valence-corrected chi connectivity index (χ4v) is 1.31. The van der Waals surface area contributed by atoms with Crippen LogP contribution in [0, 0.1) is 0 Å². The van der Waals surface area contributed by atoms with Gasteiger partial charge in [-0.05, 0) is 11.6 Å². The number of hydrogen-bond donors (Lipinski definition) is 1. The minimum Gasteiger partial charge on any atom is -0.392 e. The number of aliphatic hydroxyl groups excluding tert-OH is 1. The summed E-state index contributed by atoms with van der Waals surface area (Å²) in [4.78, 5) is 0. The molecule has 0 saturated heterocycles. The van der Waals surface area contributed by atoms with Crippen molar-refractivity contribution < 1.29 is 27.1 Å². The Morgan fingerprint density at radius 1 is 1.06 bits per heavy atom. The number of alkyl halides is 5. The van der Waals surface area contributed by atoms with E-state index >= 15 is 0 Å². The van der Waals surface area contributed by atoms with Crippen LogP contribution in [-0.4, -0.2) is 5.11 Å². The molecule has 0 bridgehead atoms. The zero-order valence-corrected chi connectivity index (χ0v) is 8.28. The summed E-state index contributed by atoms with van der Waals surface area (Å²) in [6, 6.07) is 2.27. The first-order valence-electron chi connectivity index (χ1n) is 4.35. The summed E-state index contributed by atoms with van der Waals surface area (Å²) in [6.07, 6.45) is -4.86. The quantitative estimate of drug-likeness (QED) is 0.786. The molecule has 90 valence electrons. The molecule has 1 aromatic rings. The molecule has 0 fully saturated rings. The van der Waals surface area contributed by atoms with E-state index in [1.165, 1.54) is 0 Å². The normalized spacial score (nSPS) is 12.9. The summed E-state index contributed by atoms with van der Waals surface area (Å²) in [5.74, 6) is -3.57. The van der Waals surface area contributed by atoms with E-state index in [9.17, 15) is 22.0 Å². The van der Waals surface area contributed by atoms with Crippen LogP contribution in [0.2, 0.25) is 0 Å². The van der Waals surface area contributed by atoms with Gasteiger partial charge in [0.25, 0.3) is 5.92 Å². The monoisotopic (exact) mass is 240 g/mol. The standard InChI is InChI=1S/C10H9F5O/c1-9(11,12)7-3-2-6(5-16)4-8(7)10(13,14)15/h2-4,16H,5H2,1H3. The highest BCUT2D eigenvalue weighted by Crippen LogP contribution is 2.39. The molecular formula is C10H9F5O. The lowest BCUT2D eigenvalue weighted by molar-refractivity contribution is -0.141. The topological polar surface area (TPSA) is 20.2 Å². The van der Waals surface area contributed by atoms with E-state index in [2.05, 4.69) is 0 Å². The first-order valence-corrected chi connectivity index (χ1v) is 4.35. The highest BCUT2D eigenvalue weighted by molar-refractivity contribution is 5.36. The molecule has 0 amide bonds. The van der Waals surface area contributed by atoms with Crippen LogP contribution in [0.3, 0.4) is 0 Å². The Bertz CT molecular complexity index is 378. The molecule has 0 aliphatic rings. The Kier molecular flexibility index (Phi) is 3.23. The summed E-state index contributed by atoms with van der Waals surface area (Å²) in [5.41, 5.74) is -2.55. The fraction of sp³-hybridized carbons (Fsp3) is 0.400. The van der Waals surface area contributed by atoms with Crippen LogP contribution in [0.15, 0.2) is 18.2 Å². The smallest absolute Gasteiger partial charge is 0.392 e. The van der Waals surface area contributed by atoms with Crippen molar-refractivity contribution in [1.29, 1.82) is 0 Å². The van der Waals surface area contributed by atoms with Gasteiger partial charge in [0.1, 0.15) is 0 Å². The number of halogens is 5. The zero-order chi connectivity index (χ0) is 12.6. The predicted molar refractivity (Wildman–Crippen MR) is 46.9 cm³/mol. The van der Waals surface area contributed by atoms with E-state index in [-0.39, 0.29) is 5.56 Å². The molecule has 0 aliphatic carbocycles. The maximum absolute atomic E-state index is 12.9. The number of aliphatic hydroxyl groups is 1. The van der Waals surface area contributed by atoms with E-state index < -0.39 is 29.8 Å². The second-order valence-electron chi connectivity index (χ2n) is 3.42. The van der Waals surface area contributed by atoms with E-state index in [0.717, 1.165) is 6.07 Å². The van der Waals surface area contributed by atoms with Crippen molar-refractivity contribution in [3.05, 3.63) is 34.9 Å². The molecule has 0 unspecified atom stereocenters. The van der Waals surface area contributed by atoms with Crippen LogP contribution in [0.1, 0.15) is 23.6 Å². The number of hydrogen-bond acceptors (Lipinski definition) is 1. The van der Waals surface area contributed by atoms with Crippen molar-refractivity contribution in [2.45, 2.75) is 25.6 Å². The number of benzene rings is 1. The van der Waals surface area contributed by atoms with E-state index in [4.69, 9.17) is 5.11 Å². The Balaban J connectivity index is 3.40. The molecule has 0 radical (unpaired) electrons. The fourth-order valence-electron chi connectivity index (χ4n) is 1.31. The summed E-state index contributed by atoms with van der Waals surface area (Å²) in [6.45, 7) is -0.227. The van der Waals surface area contributed by atoms with E-state index in [1.807, 2.05) is 0 Å². The van der Waals surface area contributed by atoms with Gasteiger partial charge in [-0.1, -0.05) is 12.1 Å². The summed E-state index contributed by atoms with van der Waals surface area (Å²) in [5, 5.41) is 8.67. The Hall–Kier alpha value is -1.17. The van der Waals surface area contributed by atoms with Crippen LogP contribution in [-0.2, 0) is 18.7 Å². The SMILES string of the molecule is CC(F)(F)c1ccc(CO)cc1C(F)(F)F. The van der Waals surface area contributed by atoms with E-state index in [1.54, 1.807) is 0 Å². The second kappa shape index (κ2) is 4.01. The van der Waals surface area contributed by atoms with Gasteiger partial charge in [0.15, 0.2) is 0 Å². The molecule has 0 saturated carbocycles. The third kappa shape index (κ3) is 2.69. The van der Waals surface area contributed by atoms with Crippen LogP contribution >= 0.6 is 0 Å². The predicted octanol–water partition coefficient (Wildman–Crippen LogP) is 3.31. The first kappa shape index (κ1) is 12.9. The van der Waals surface area contributed by atoms with Crippen LogP contribution in [0.25, 0.3) is 0 Å². The number of rotatable bonds is 2. The third-order valence-electron chi connectivity index (χ3n) is 2.04. The van der Waals surface area contributed by atoms with E-state index in [0.29, 0.717) is 19.1 Å². The van der Waals surface area contributed by atoms with Gasteiger partial charge in [0.05, 0.1) is 12.2 Å². The van der Waals surface area contributed by atoms with Crippen LogP contribution in [0.4, 0.5) is 22.0 Å². The maximum atomic E-state index is 12.9. The molecule has 0 heterocycles. The molecule has 1 rings (SSSR count). The van der Waals surface area contributed by atoms with Gasteiger partial charge >= 0.3 is 6.18 Å². The highest BCUT2D eigenvalue weighted by atomic mass is 19.4. The average molecular weight is 240 g/mol. The van der Waals surface area contributed by atoms with Gasteiger partial charge in [0.2, 0.25) is 0 Å². The van der Waals surface area contributed by atoms with Crippen molar-refractivity contribution in [2.24, 2.45) is 0 Å². The molecule has 6 heteroatoms. The van der Waals surface area contributed by atoms with Crippen molar-refractivity contribution in [3.63, 3.8) is 0 Å². The lowest BCUT2D eigenvalue weighted by atomic mass is 9.99. The van der Waals surface area contributed by atoms with Gasteiger partial charge in [0, 0.05) is 12.5 Å². The van der Waals surface area contributed by atoms with Crippen molar-refractivity contribution in [1.82, 2.24) is 0 Å². The minimum absolute atomic E-state index is 0.0553. The molecular weight excluding hydrogens is 231 g/mol. The molecule has 0 spiro atoms. The molecule has 1 nitrogen and oxygen atoms in total. The van der Waals surface area contributed by atoms with Crippen LogP contribution < -0.4 is 0 Å². The zero-order valence-electron chi connectivity index (χ0n) is 8.28. The molecule has 1 aromatic carbocycles. The first-order chi connectivity index (χ1) is 7.16. The minimum atomic E-state index is -4.86. The average Bonchev–Trinajstić information content (AvgIpc) is 2.14. The van der Waals surface area contributed by atoms with Gasteiger partial charge in [-0.25, -0.2) is 8.78 Å². The van der Waals surface area contributed by atoms with Gasteiger partial charge in [-0.2, -0.15) is 13.2 Å². The largest absolute Gasteiger partial charge is 0.416 e. The van der Waals surface area contributed by atoms with Gasteiger partial charge in [-0.15, -0.1) is 0 Å². The molecule has 0 aliphatic heterocycles. The summed E-state index contributed by atoms with van der Waals surface area (Å²) < 4.78 is 63.3. The van der Waals surface area contributed by atoms with Gasteiger partial charge in [-0.3, -0.25) is 0 Å². The lowest BCUT2D eigenvalue weighted by Crippen LogP contribution is -2.17. The van der Waals surface area contributed by atoms with Gasteiger partial charge < -0.3 is 5.11 Å². The lowest BCUT2D eigenvalue weighted by Gasteiger charge is -2.18. The molecule has 0 atom stereocenters. The van der Waals surface area contributed by atoms with Crippen LogP contribution in [0.5, 0.6) is 0 Å². The molecule has 0 aromatic heterocycles. The summed E-state index contributed by atoms with van der Waals surface area (Å²) in [7, 11) is 0. The maximum Gasteiger partial charge on any atom is 0.416 e. The van der Waals surface area contributed by atoms with Crippen molar-refractivity contribution in [2.75, 3.05) is 0 Å². The van der Waals surface area contributed by atoms with Crippen molar-refractivity contribution >= 4 is 0 Å². The third-order valence-corrected chi connectivity index (χ3v) is 2.04. The highest BCUT2D eigenvalue weighted by Gasteiger charge is 2.40. The molecule has 1 N–H and O–H groups in total. The molecule has 16 heavy (non-hydrogen) atoms. The second-order valence-corrected chi connectivity index (χ2v) is 3.42. The Morgan fingerprint density at radius 2 is 1.62 bits per heavy atom.